The van der Waals surface area contributed by atoms with Crippen LogP contribution in [0, 0.1) is 0 Å². The van der Waals surface area contributed by atoms with E-state index >= 15 is 0 Å². The van der Waals surface area contributed by atoms with Crippen molar-refractivity contribution in [2.75, 3.05) is 40.8 Å². The minimum Gasteiger partial charge on any atom is -0.497 e. The van der Waals surface area contributed by atoms with Crippen LogP contribution in [0.1, 0.15) is 33.8 Å². The van der Waals surface area contributed by atoms with E-state index in [1.165, 1.54) is 5.56 Å². The molecule has 0 radical (unpaired) electrons. The van der Waals surface area contributed by atoms with E-state index in [1.54, 1.807) is 14.2 Å². The number of methoxy groups -OCH3 is 1. The number of hydrogen-bond donors (Lipinski definition) is 2. The van der Waals surface area contributed by atoms with Crippen LogP contribution in [0.4, 0.5) is 0 Å². The standard InChI is InChI=1S/C23H30N4O2.HI/c1-24-22(28)19-6-4-5-17(15-19)11-13-26-23(25-2)27-14-12-20(16-27)18-7-9-21(29-3)10-8-18;/h4-10,15,20H,11-14,16H2,1-3H3,(H,24,28)(H,25,26);1H. The maximum Gasteiger partial charge on any atom is 0.251 e. The van der Waals surface area contributed by atoms with Gasteiger partial charge in [0.15, 0.2) is 5.96 Å². The first-order valence-corrected chi connectivity index (χ1v) is 10.0. The van der Waals surface area contributed by atoms with Gasteiger partial charge in [-0.25, -0.2) is 0 Å². The Labute approximate surface area is 196 Å². The van der Waals surface area contributed by atoms with Crippen LogP contribution in [0.25, 0.3) is 0 Å². The molecule has 2 N–H and O–H groups in total. The van der Waals surface area contributed by atoms with E-state index < -0.39 is 0 Å². The second-order valence-corrected chi connectivity index (χ2v) is 7.21. The number of carbonyl (C=O) groups is 1. The number of carbonyl (C=O) groups excluding carboxylic acids is 1. The third-order valence-electron chi connectivity index (χ3n) is 5.40. The van der Waals surface area contributed by atoms with Gasteiger partial charge >= 0.3 is 0 Å². The molecule has 3 rings (SSSR count). The number of benzene rings is 2. The zero-order valence-electron chi connectivity index (χ0n) is 17.9. The van der Waals surface area contributed by atoms with Gasteiger partial charge in [-0.1, -0.05) is 24.3 Å². The van der Waals surface area contributed by atoms with Crippen molar-refractivity contribution in [2.45, 2.75) is 18.8 Å². The van der Waals surface area contributed by atoms with Gasteiger partial charge in [-0.3, -0.25) is 9.79 Å². The summed E-state index contributed by atoms with van der Waals surface area (Å²) in [4.78, 5) is 18.6. The van der Waals surface area contributed by atoms with Crippen LogP contribution in [0.3, 0.4) is 0 Å². The molecule has 7 heteroatoms. The fourth-order valence-electron chi connectivity index (χ4n) is 3.76. The summed E-state index contributed by atoms with van der Waals surface area (Å²) in [6.45, 7) is 2.72. The largest absolute Gasteiger partial charge is 0.497 e. The summed E-state index contributed by atoms with van der Waals surface area (Å²) >= 11 is 0. The fourth-order valence-corrected chi connectivity index (χ4v) is 3.76. The lowest BCUT2D eigenvalue weighted by atomic mass is 9.98. The molecule has 0 spiro atoms. The Bertz CT molecular complexity index is 855. The quantitative estimate of drug-likeness (QED) is 0.347. The Kier molecular flexibility index (Phi) is 9.42. The maximum absolute atomic E-state index is 11.8. The highest BCUT2D eigenvalue weighted by Crippen LogP contribution is 2.28. The van der Waals surface area contributed by atoms with Crippen LogP contribution in [0.2, 0.25) is 0 Å². The van der Waals surface area contributed by atoms with Crippen LogP contribution < -0.4 is 15.4 Å². The van der Waals surface area contributed by atoms with Crippen molar-refractivity contribution in [2.24, 2.45) is 4.99 Å². The van der Waals surface area contributed by atoms with Crippen molar-refractivity contribution in [3.05, 3.63) is 65.2 Å². The van der Waals surface area contributed by atoms with Crippen LogP contribution in [0.5, 0.6) is 5.75 Å². The fraction of sp³-hybridized carbons (Fsp3) is 0.391. The molecule has 0 bridgehead atoms. The number of likely N-dealkylation sites (tertiary alicyclic amines) is 1. The Balaban J connectivity index is 0.00000320. The monoisotopic (exact) mass is 522 g/mol. The predicted octanol–water partition coefficient (Wildman–Crippen LogP) is 3.28. The summed E-state index contributed by atoms with van der Waals surface area (Å²) in [7, 11) is 5.17. The van der Waals surface area contributed by atoms with Gasteiger partial charge in [0.2, 0.25) is 0 Å². The van der Waals surface area contributed by atoms with Gasteiger partial charge in [0.1, 0.15) is 5.75 Å². The molecular formula is C23H31IN4O2. The summed E-state index contributed by atoms with van der Waals surface area (Å²) in [6.07, 6.45) is 1.95. The molecule has 2 aromatic rings. The molecule has 1 saturated heterocycles. The molecule has 1 heterocycles. The molecule has 6 nitrogen and oxygen atoms in total. The molecule has 1 atom stereocenters. The van der Waals surface area contributed by atoms with Crippen LogP contribution in [-0.4, -0.2) is 57.6 Å². The van der Waals surface area contributed by atoms with Gasteiger partial charge in [-0.15, -0.1) is 24.0 Å². The Morgan fingerprint density at radius 1 is 1.23 bits per heavy atom. The number of amides is 1. The van der Waals surface area contributed by atoms with Gasteiger partial charge in [-0.05, 0) is 48.2 Å². The summed E-state index contributed by atoms with van der Waals surface area (Å²) in [5.41, 5.74) is 3.16. The van der Waals surface area contributed by atoms with E-state index in [9.17, 15) is 4.79 Å². The zero-order valence-corrected chi connectivity index (χ0v) is 20.2. The van der Waals surface area contributed by atoms with Crippen molar-refractivity contribution >= 4 is 35.8 Å². The SMILES string of the molecule is CN=C(NCCc1cccc(C(=O)NC)c1)N1CCC(c2ccc(OC)cc2)C1.I. The van der Waals surface area contributed by atoms with E-state index in [2.05, 4.69) is 32.7 Å². The average Bonchev–Trinajstić information content (AvgIpc) is 3.26. The highest BCUT2D eigenvalue weighted by atomic mass is 127. The summed E-state index contributed by atoms with van der Waals surface area (Å²) in [5, 5.41) is 6.13. The molecule has 0 aromatic heterocycles. The summed E-state index contributed by atoms with van der Waals surface area (Å²) < 4.78 is 5.25. The average molecular weight is 522 g/mol. The molecule has 1 unspecified atom stereocenters. The second-order valence-electron chi connectivity index (χ2n) is 7.21. The third kappa shape index (κ3) is 6.10. The van der Waals surface area contributed by atoms with E-state index in [-0.39, 0.29) is 29.9 Å². The summed E-state index contributed by atoms with van der Waals surface area (Å²) in [5.74, 6) is 2.27. The number of nitrogens with one attached hydrogen (secondary N) is 2. The first-order valence-electron chi connectivity index (χ1n) is 10.0. The zero-order chi connectivity index (χ0) is 20.6. The molecule has 30 heavy (non-hydrogen) atoms. The molecule has 162 valence electrons. The molecular weight excluding hydrogens is 491 g/mol. The van der Waals surface area contributed by atoms with Gasteiger partial charge in [-0.2, -0.15) is 0 Å². The normalized spacial score (nSPS) is 16.0. The number of hydrogen-bond acceptors (Lipinski definition) is 3. The van der Waals surface area contributed by atoms with Crippen LogP contribution in [0.15, 0.2) is 53.5 Å². The lowest BCUT2D eigenvalue weighted by Gasteiger charge is -2.22. The molecule has 1 aliphatic heterocycles. The number of aliphatic imine (C=N–C) groups is 1. The van der Waals surface area contributed by atoms with Crippen molar-refractivity contribution in [1.29, 1.82) is 0 Å². The van der Waals surface area contributed by atoms with E-state index in [4.69, 9.17) is 4.74 Å². The number of halogens is 1. The molecule has 1 amide bonds. The molecule has 2 aromatic carbocycles. The molecule has 0 saturated carbocycles. The smallest absolute Gasteiger partial charge is 0.251 e. The molecule has 1 fully saturated rings. The van der Waals surface area contributed by atoms with Crippen LogP contribution >= 0.6 is 24.0 Å². The van der Waals surface area contributed by atoms with E-state index in [0.717, 1.165) is 49.7 Å². The maximum atomic E-state index is 11.8. The molecule has 0 aliphatic carbocycles. The lowest BCUT2D eigenvalue weighted by Crippen LogP contribution is -2.40. The first kappa shape index (κ1) is 24.0. The number of guanidine groups is 1. The Hall–Kier alpha value is -2.29. The van der Waals surface area contributed by atoms with Gasteiger partial charge < -0.3 is 20.3 Å². The van der Waals surface area contributed by atoms with Crippen molar-refractivity contribution in [1.82, 2.24) is 15.5 Å². The predicted molar refractivity (Wildman–Crippen MR) is 132 cm³/mol. The number of rotatable bonds is 6. The highest BCUT2D eigenvalue weighted by Gasteiger charge is 2.25. The molecule has 1 aliphatic rings. The van der Waals surface area contributed by atoms with Crippen molar-refractivity contribution < 1.29 is 9.53 Å². The minimum absolute atomic E-state index is 0. The van der Waals surface area contributed by atoms with Crippen molar-refractivity contribution in [3.63, 3.8) is 0 Å². The topological polar surface area (TPSA) is 66.0 Å². The van der Waals surface area contributed by atoms with Crippen LogP contribution in [-0.2, 0) is 6.42 Å². The Morgan fingerprint density at radius 2 is 2.00 bits per heavy atom. The van der Waals surface area contributed by atoms with Gasteiger partial charge in [0.25, 0.3) is 5.91 Å². The minimum atomic E-state index is -0.0581. The second kappa shape index (κ2) is 11.8. The van der Waals surface area contributed by atoms with E-state index in [1.807, 2.05) is 43.4 Å². The summed E-state index contributed by atoms with van der Waals surface area (Å²) in [6, 6.07) is 16.1. The third-order valence-corrected chi connectivity index (χ3v) is 5.40. The van der Waals surface area contributed by atoms with Gasteiger partial charge in [0, 0.05) is 45.2 Å². The lowest BCUT2D eigenvalue weighted by molar-refractivity contribution is 0.0963. The highest BCUT2D eigenvalue weighted by molar-refractivity contribution is 14.0. The van der Waals surface area contributed by atoms with E-state index in [0.29, 0.717) is 11.5 Å². The first-order chi connectivity index (χ1) is 14.1. The van der Waals surface area contributed by atoms with Crippen molar-refractivity contribution in [3.8, 4) is 5.75 Å². The number of ether oxygens (including phenoxy) is 1. The Morgan fingerprint density at radius 3 is 2.67 bits per heavy atom. The number of nitrogens with zero attached hydrogens (tertiary/aromatic N) is 2. The van der Waals surface area contributed by atoms with Gasteiger partial charge in [0.05, 0.1) is 7.11 Å².